The summed E-state index contributed by atoms with van der Waals surface area (Å²) in [6.07, 6.45) is 61.1. The van der Waals surface area contributed by atoms with Crippen LogP contribution >= 0.6 is 7.82 Å². The van der Waals surface area contributed by atoms with Gasteiger partial charge < -0.3 is 28.8 Å². The number of nitrogens with zero attached hydrogens (tertiary/aromatic N) is 1. The molecule has 0 aromatic carbocycles. The summed E-state index contributed by atoms with van der Waals surface area (Å²) >= 11 is 0. The molecule has 0 aliphatic rings. The zero-order chi connectivity index (χ0) is 48.5. The van der Waals surface area contributed by atoms with Crippen LogP contribution in [0.1, 0.15) is 284 Å². The quantitative estimate of drug-likeness (QED) is 0.0272. The summed E-state index contributed by atoms with van der Waals surface area (Å²) in [6.45, 7) is 4.69. The van der Waals surface area contributed by atoms with Crippen molar-refractivity contribution in [2.45, 2.75) is 296 Å². The smallest absolute Gasteiger partial charge is 0.268 e. The lowest BCUT2D eigenvalue weighted by Gasteiger charge is -2.29. The Morgan fingerprint density at radius 1 is 0.515 bits per heavy atom. The molecule has 0 saturated heterocycles. The summed E-state index contributed by atoms with van der Waals surface area (Å²) in [4.78, 5) is 25.5. The summed E-state index contributed by atoms with van der Waals surface area (Å²) in [5.74, 6) is -0.195. The summed E-state index contributed by atoms with van der Waals surface area (Å²) in [6, 6.07) is -0.885. The lowest BCUT2D eigenvalue weighted by molar-refractivity contribution is -0.870. The first kappa shape index (κ1) is 65.0. The van der Waals surface area contributed by atoms with E-state index in [2.05, 4.69) is 31.3 Å². The van der Waals surface area contributed by atoms with Crippen LogP contribution in [0.15, 0.2) is 24.3 Å². The monoisotopic (exact) mass is 953 g/mol. The van der Waals surface area contributed by atoms with Gasteiger partial charge in [-0.15, -0.1) is 0 Å². The van der Waals surface area contributed by atoms with Crippen LogP contribution < -0.4 is 10.2 Å². The molecule has 0 fully saturated rings. The van der Waals surface area contributed by atoms with Crippen molar-refractivity contribution in [2.24, 2.45) is 0 Å². The molecule has 66 heavy (non-hydrogen) atoms. The number of carbonyl (C=O) groups excluding carboxylic acids is 1. The molecule has 0 aliphatic carbocycles. The van der Waals surface area contributed by atoms with Crippen molar-refractivity contribution >= 4 is 13.7 Å². The van der Waals surface area contributed by atoms with E-state index >= 15 is 0 Å². The van der Waals surface area contributed by atoms with Gasteiger partial charge in [0.1, 0.15) is 13.2 Å². The van der Waals surface area contributed by atoms with E-state index in [1.165, 1.54) is 225 Å². The van der Waals surface area contributed by atoms with Gasteiger partial charge in [0.05, 0.1) is 39.9 Å². The van der Waals surface area contributed by atoms with E-state index in [4.69, 9.17) is 9.05 Å². The Balaban J connectivity index is 4.18. The first-order chi connectivity index (χ1) is 32.0. The van der Waals surface area contributed by atoms with Crippen molar-refractivity contribution in [1.82, 2.24) is 5.32 Å². The fourth-order valence-electron chi connectivity index (χ4n) is 8.62. The third-order valence-electron chi connectivity index (χ3n) is 13.2. The zero-order valence-electron chi connectivity index (χ0n) is 44.7. The SMILES string of the molecule is CCCCCCCCCCCCCC/C=C\CCCCCCCCCCCCC(=O)NC(COP(=O)([O-])OCC[N+](C)(C)C)C(O)/C=C/CCCCCCCCCCCCCCCCCC. The summed E-state index contributed by atoms with van der Waals surface area (Å²) in [5, 5.41) is 13.9. The van der Waals surface area contributed by atoms with Crippen molar-refractivity contribution in [3.63, 3.8) is 0 Å². The number of hydrogen-bond acceptors (Lipinski definition) is 6. The van der Waals surface area contributed by atoms with E-state index < -0.39 is 20.0 Å². The Morgan fingerprint density at radius 2 is 0.833 bits per heavy atom. The number of phosphoric acid groups is 1. The molecule has 0 spiro atoms. The molecular formula is C57H113N2O6P. The predicted molar refractivity (Wildman–Crippen MR) is 284 cm³/mol. The lowest BCUT2D eigenvalue weighted by Crippen LogP contribution is -2.45. The Bertz CT molecular complexity index is 1130. The molecule has 0 radical (unpaired) electrons. The van der Waals surface area contributed by atoms with Crippen LogP contribution in [0.4, 0.5) is 0 Å². The lowest BCUT2D eigenvalue weighted by atomic mass is 10.0. The molecule has 0 rings (SSSR count). The summed E-state index contributed by atoms with van der Waals surface area (Å²) in [5.41, 5.74) is 0. The molecule has 0 aromatic heterocycles. The number of amides is 1. The minimum absolute atomic E-state index is 0.000492. The molecule has 0 saturated carbocycles. The third kappa shape index (κ3) is 50.8. The number of hydrogen-bond donors (Lipinski definition) is 2. The highest BCUT2D eigenvalue weighted by atomic mass is 31.2. The molecule has 8 nitrogen and oxygen atoms in total. The van der Waals surface area contributed by atoms with Gasteiger partial charge in [0.2, 0.25) is 5.91 Å². The van der Waals surface area contributed by atoms with Crippen molar-refractivity contribution in [1.29, 1.82) is 0 Å². The van der Waals surface area contributed by atoms with Crippen LogP contribution in [0.3, 0.4) is 0 Å². The number of aliphatic hydroxyl groups excluding tert-OH is 1. The highest BCUT2D eigenvalue weighted by Crippen LogP contribution is 2.38. The predicted octanol–water partition coefficient (Wildman–Crippen LogP) is 16.6. The van der Waals surface area contributed by atoms with E-state index in [1.54, 1.807) is 6.08 Å². The van der Waals surface area contributed by atoms with Crippen LogP contribution in [-0.4, -0.2) is 68.5 Å². The number of unbranched alkanes of at least 4 members (excludes halogenated alkanes) is 38. The maximum atomic E-state index is 13.0. The number of likely N-dealkylation sites (N-methyl/N-ethyl adjacent to an activating group) is 1. The second-order valence-corrected chi connectivity index (χ2v) is 22.4. The van der Waals surface area contributed by atoms with Gasteiger partial charge in [-0.05, 0) is 44.9 Å². The van der Waals surface area contributed by atoms with Crippen LogP contribution in [0.5, 0.6) is 0 Å². The van der Waals surface area contributed by atoms with Gasteiger partial charge in [-0.25, -0.2) is 0 Å². The molecule has 1 amide bonds. The standard InChI is InChI=1S/C57H113N2O6P/c1-6-8-10-12-14-16-18-20-22-24-26-27-28-29-30-31-32-33-35-37-39-41-43-45-47-49-51-57(61)58-55(54-65-66(62,63)64-53-52-59(3,4)5)56(60)50-48-46-44-42-40-38-36-34-25-23-21-19-17-15-13-11-9-7-2/h29-30,48,50,55-56,60H,6-28,31-47,49,51-54H2,1-5H3,(H-,58,61,62,63)/b30-29-,50-48+. The number of rotatable bonds is 53. The molecule has 392 valence electrons. The van der Waals surface area contributed by atoms with Crippen molar-refractivity contribution in [2.75, 3.05) is 40.9 Å². The molecule has 0 aromatic rings. The molecule has 2 N–H and O–H groups in total. The van der Waals surface area contributed by atoms with Crippen LogP contribution in [0.25, 0.3) is 0 Å². The van der Waals surface area contributed by atoms with Gasteiger partial charge in [0, 0.05) is 6.42 Å². The van der Waals surface area contributed by atoms with Gasteiger partial charge in [-0.3, -0.25) is 9.36 Å². The van der Waals surface area contributed by atoms with E-state index in [9.17, 15) is 19.4 Å². The molecule has 0 bridgehead atoms. The number of quaternary nitrogens is 1. The summed E-state index contributed by atoms with van der Waals surface area (Å²) in [7, 11) is 1.27. The number of aliphatic hydroxyl groups is 1. The maximum Gasteiger partial charge on any atom is 0.268 e. The number of nitrogens with one attached hydrogen (secondary N) is 1. The average Bonchev–Trinajstić information content (AvgIpc) is 3.28. The second kappa shape index (κ2) is 49.0. The first-order valence-corrected chi connectivity index (χ1v) is 30.2. The van der Waals surface area contributed by atoms with Crippen LogP contribution in [0.2, 0.25) is 0 Å². The minimum Gasteiger partial charge on any atom is -0.756 e. The van der Waals surface area contributed by atoms with Crippen LogP contribution in [-0.2, 0) is 18.4 Å². The molecule has 3 atom stereocenters. The average molecular weight is 954 g/mol. The Hall–Kier alpha value is -1.02. The van der Waals surface area contributed by atoms with Crippen molar-refractivity contribution < 1.29 is 32.9 Å². The maximum absolute atomic E-state index is 13.0. The van der Waals surface area contributed by atoms with E-state index in [0.29, 0.717) is 17.4 Å². The van der Waals surface area contributed by atoms with Crippen molar-refractivity contribution in [3.05, 3.63) is 24.3 Å². The molecular weight excluding hydrogens is 840 g/mol. The van der Waals surface area contributed by atoms with E-state index in [-0.39, 0.29) is 19.1 Å². The fourth-order valence-corrected chi connectivity index (χ4v) is 9.34. The second-order valence-electron chi connectivity index (χ2n) is 21.0. The van der Waals surface area contributed by atoms with Gasteiger partial charge >= 0.3 is 0 Å². The molecule has 0 heterocycles. The number of carbonyl (C=O) groups is 1. The Morgan fingerprint density at radius 3 is 1.18 bits per heavy atom. The highest BCUT2D eigenvalue weighted by Gasteiger charge is 2.23. The zero-order valence-corrected chi connectivity index (χ0v) is 45.6. The molecule has 9 heteroatoms. The minimum atomic E-state index is -4.59. The molecule has 3 unspecified atom stereocenters. The van der Waals surface area contributed by atoms with Crippen molar-refractivity contribution in [3.8, 4) is 0 Å². The van der Waals surface area contributed by atoms with Gasteiger partial charge in [-0.2, -0.15) is 0 Å². The normalized spacial score (nSPS) is 14.1. The van der Waals surface area contributed by atoms with Crippen LogP contribution in [0, 0.1) is 0 Å². The fraction of sp³-hybridized carbons (Fsp3) is 0.912. The molecule has 0 aliphatic heterocycles. The third-order valence-corrected chi connectivity index (χ3v) is 14.1. The summed E-state index contributed by atoms with van der Waals surface area (Å²) < 4.78 is 23.3. The highest BCUT2D eigenvalue weighted by molar-refractivity contribution is 7.45. The first-order valence-electron chi connectivity index (χ1n) is 28.7. The Labute approximate surface area is 411 Å². The van der Waals surface area contributed by atoms with Gasteiger partial charge in [0.25, 0.3) is 7.82 Å². The van der Waals surface area contributed by atoms with E-state index in [0.717, 1.165) is 38.5 Å². The Kier molecular flexibility index (Phi) is 48.2. The largest absolute Gasteiger partial charge is 0.756 e. The topological polar surface area (TPSA) is 108 Å². The number of phosphoric ester groups is 1. The van der Waals surface area contributed by atoms with E-state index in [1.807, 2.05) is 27.2 Å². The number of allylic oxidation sites excluding steroid dienone is 3. The van der Waals surface area contributed by atoms with Gasteiger partial charge in [0.15, 0.2) is 0 Å². The van der Waals surface area contributed by atoms with Gasteiger partial charge in [-0.1, -0.05) is 256 Å².